The Labute approximate surface area is 110 Å². The second-order valence-corrected chi connectivity index (χ2v) is 22.4. The van der Waals surface area contributed by atoms with Crippen LogP contribution in [-0.2, 0) is 4.43 Å². The molecule has 0 amide bonds. The second-order valence-electron chi connectivity index (χ2n) is 7.26. The highest BCUT2D eigenvalue weighted by Crippen LogP contribution is 2.41. The molecule has 0 bridgehead atoms. The van der Waals surface area contributed by atoms with Gasteiger partial charge in [-0.15, -0.1) is 0 Å². The van der Waals surface area contributed by atoms with Crippen molar-refractivity contribution in [1.29, 1.82) is 0 Å². The van der Waals surface area contributed by atoms with E-state index in [2.05, 4.69) is 40.0 Å². The first-order chi connectivity index (χ1) is 7.72. The highest BCUT2D eigenvalue weighted by atomic mass is 29.3. The molecule has 17 heavy (non-hydrogen) atoms. The lowest BCUT2D eigenvalue weighted by Crippen LogP contribution is -2.64. The normalized spacial score (nSPS) is 31.4. The standard InChI is InChI=1S/C14H32OSi2/c1-7-8-9-10-11-14(2)12-13-16(3,4)17(5,6)15-14/h7-13H2,1-6H3. The molecule has 0 aromatic heterocycles. The summed E-state index contributed by atoms with van der Waals surface area (Å²) in [6.07, 6.45) is 8.06. The van der Waals surface area contributed by atoms with Crippen LogP contribution in [0.25, 0.3) is 0 Å². The molecule has 0 aromatic rings. The molecule has 1 aliphatic rings. The third-order valence-corrected chi connectivity index (χ3v) is 21.6. The van der Waals surface area contributed by atoms with Crippen LogP contribution in [0, 0.1) is 0 Å². The number of hydrogen-bond acceptors (Lipinski definition) is 1. The van der Waals surface area contributed by atoms with Gasteiger partial charge in [-0.3, -0.25) is 0 Å². The Morgan fingerprint density at radius 1 is 1.06 bits per heavy atom. The Balaban J connectivity index is 2.50. The van der Waals surface area contributed by atoms with Crippen molar-refractivity contribution in [2.24, 2.45) is 0 Å². The maximum Gasteiger partial charge on any atom is 0.174 e. The van der Waals surface area contributed by atoms with Gasteiger partial charge in [0.05, 0.1) is 13.2 Å². The molecule has 1 heterocycles. The molecular weight excluding hydrogens is 240 g/mol. The lowest BCUT2D eigenvalue weighted by atomic mass is 9.95. The summed E-state index contributed by atoms with van der Waals surface area (Å²) >= 11 is 0. The minimum absolute atomic E-state index is 0.214. The van der Waals surface area contributed by atoms with Crippen LogP contribution in [-0.4, -0.2) is 21.0 Å². The zero-order valence-electron chi connectivity index (χ0n) is 12.9. The summed E-state index contributed by atoms with van der Waals surface area (Å²) in [6, 6.07) is 1.48. The molecule has 0 saturated carbocycles. The zero-order chi connectivity index (χ0) is 13.2. The quantitative estimate of drug-likeness (QED) is 0.498. The topological polar surface area (TPSA) is 9.23 Å². The van der Waals surface area contributed by atoms with E-state index < -0.39 is 15.4 Å². The van der Waals surface area contributed by atoms with Crippen molar-refractivity contribution >= 4 is 15.4 Å². The molecule has 1 aliphatic heterocycles. The average Bonchev–Trinajstić information content (AvgIpc) is 2.20. The summed E-state index contributed by atoms with van der Waals surface area (Å²) in [5.74, 6) is 0. The molecule has 1 fully saturated rings. The third-order valence-electron chi connectivity index (χ3n) is 4.97. The molecule has 1 rings (SSSR count). The maximum atomic E-state index is 6.66. The maximum absolute atomic E-state index is 6.66. The fraction of sp³-hybridized carbons (Fsp3) is 1.00. The van der Waals surface area contributed by atoms with E-state index in [-0.39, 0.29) is 5.60 Å². The van der Waals surface area contributed by atoms with Crippen LogP contribution in [0.1, 0.15) is 52.4 Å². The van der Waals surface area contributed by atoms with Crippen molar-refractivity contribution in [2.45, 2.75) is 90.2 Å². The molecule has 1 unspecified atom stereocenters. The lowest BCUT2D eigenvalue weighted by molar-refractivity contribution is 0.0606. The monoisotopic (exact) mass is 272 g/mol. The fourth-order valence-corrected chi connectivity index (χ4v) is 10.0. The van der Waals surface area contributed by atoms with Crippen LogP contribution in [0.4, 0.5) is 0 Å². The van der Waals surface area contributed by atoms with Gasteiger partial charge >= 0.3 is 0 Å². The first kappa shape index (κ1) is 15.5. The largest absolute Gasteiger partial charge is 0.415 e. The smallest absolute Gasteiger partial charge is 0.174 e. The minimum atomic E-state index is -1.38. The van der Waals surface area contributed by atoms with Crippen LogP contribution in [0.5, 0.6) is 0 Å². The number of unbranched alkanes of at least 4 members (excludes halogenated alkanes) is 3. The Hall–Kier alpha value is 0.394. The predicted molar refractivity (Wildman–Crippen MR) is 82.6 cm³/mol. The molecule has 102 valence electrons. The van der Waals surface area contributed by atoms with Gasteiger partial charge in [-0.1, -0.05) is 51.7 Å². The minimum Gasteiger partial charge on any atom is -0.415 e. The van der Waals surface area contributed by atoms with Crippen molar-refractivity contribution in [3.8, 4) is 0 Å². The zero-order valence-corrected chi connectivity index (χ0v) is 14.9. The van der Waals surface area contributed by atoms with Crippen LogP contribution in [0.2, 0.25) is 32.2 Å². The Kier molecular flexibility index (Phi) is 5.07. The second kappa shape index (κ2) is 5.58. The highest BCUT2D eigenvalue weighted by molar-refractivity contribution is 7.38. The first-order valence-electron chi connectivity index (χ1n) is 7.43. The van der Waals surface area contributed by atoms with Crippen molar-refractivity contribution in [3.05, 3.63) is 0 Å². The number of hydrogen-bond donors (Lipinski definition) is 0. The van der Waals surface area contributed by atoms with Gasteiger partial charge < -0.3 is 4.43 Å². The highest BCUT2D eigenvalue weighted by Gasteiger charge is 2.50. The van der Waals surface area contributed by atoms with E-state index in [0.717, 1.165) is 0 Å². The molecule has 1 atom stereocenters. The molecule has 0 aliphatic carbocycles. The van der Waals surface area contributed by atoms with Crippen molar-refractivity contribution in [3.63, 3.8) is 0 Å². The summed E-state index contributed by atoms with van der Waals surface area (Å²) < 4.78 is 6.66. The molecule has 3 heteroatoms. The molecule has 0 spiro atoms. The fourth-order valence-electron chi connectivity index (χ4n) is 2.78. The predicted octanol–water partition coefficient (Wildman–Crippen LogP) is 5.13. The lowest BCUT2D eigenvalue weighted by Gasteiger charge is -2.51. The van der Waals surface area contributed by atoms with E-state index in [1.165, 1.54) is 44.6 Å². The van der Waals surface area contributed by atoms with E-state index in [4.69, 9.17) is 4.43 Å². The van der Waals surface area contributed by atoms with Crippen LogP contribution < -0.4 is 0 Å². The van der Waals surface area contributed by atoms with Gasteiger partial charge in [-0.25, -0.2) is 0 Å². The van der Waals surface area contributed by atoms with Gasteiger partial charge in [0.15, 0.2) is 7.83 Å². The van der Waals surface area contributed by atoms with Crippen molar-refractivity contribution in [1.82, 2.24) is 0 Å². The summed E-state index contributed by atoms with van der Waals surface area (Å²) in [5, 5.41) is 0. The third kappa shape index (κ3) is 3.93. The van der Waals surface area contributed by atoms with E-state index in [1.807, 2.05) is 0 Å². The van der Waals surface area contributed by atoms with Gasteiger partial charge in [-0.2, -0.15) is 0 Å². The summed E-state index contributed by atoms with van der Waals surface area (Å²) in [4.78, 5) is 0. The number of rotatable bonds is 5. The van der Waals surface area contributed by atoms with Gasteiger partial charge in [0.25, 0.3) is 0 Å². The van der Waals surface area contributed by atoms with E-state index in [0.29, 0.717) is 0 Å². The van der Waals surface area contributed by atoms with E-state index in [1.54, 1.807) is 0 Å². The molecular formula is C14H32OSi2. The Bertz CT molecular complexity index is 251. The Morgan fingerprint density at radius 3 is 2.24 bits per heavy atom. The van der Waals surface area contributed by atoms with Gasteiger partial charge in [0.2, 0.25) is 0 Å². The molecule has 0 N–H and O–H groups in total. The summed E-state index contributed by atoms with van der Waals surface area (Å²) in [5.41, 5.74) is 0.214. The SMILES string of the molecule is CCCCCCC1(C)CC[Si](C)(C)[Si](C)(C)O1. The van der Waals surface area contributed by atoms with Crippen molar-refractivity contribution < 1.29 is 4.43 Å². The van der Waals surface area contributed by atoms with E-state index >= 15 is 0 Å². The molecule has 0 radical (unpaired) electrons. The Morgan fingerprint density at radius 2 is 1.71 bits per heavy atom. The van der Waals surface area contributed by atoms with E-state index in [9.17, 15) is 0 Å². The average molecular weight is 273 g/mol. The molecule has 0 aromatic carbocycles. The molecule has 1 saturated heterocycles. The molecule has 1 nitrogen and oxygen atoms in total. The first-order valence-corrected chi connectivity index (χ1v) is 14.5. The van der Waals surface area contributed by atoms with Crippen LogP contribution in [0.3, 0.4) is 0 Å². The van der Waals surface area contributed by atoms with Gasteiger partial charge in [-0.05, 0) is 32.9 Å². The van der Waals surface area contributed by atoms with Crippen molar-refractivity contribution in [2.75, 3.05) is 0 Å². The van der Waals surface area contributed by atoms with Gasteiger partial charge in [0, 0.05) is 0 Å². The summed E-state index contributed by atoms with van der Waals surface area (Å²) in [6.45, 7) is 14.7. The van der Waals surface area contributed by atoms with Crippen LogP contribution in [0.15, 0.2) is 0 Å². The van der Waals surface area contributed by atoms with Gasteiger partial charge in [0.1, 0.15) is 0 Å². The summed E-state index contributed by atoms with van der Waals surface area (Å²) in [7, 11) is -2.43. The van der Waals surface area contributed by atoms with Crippen LogP contribution >= 0.6 is 0 Å².